The lowest BCUT2D eigenvalue weighted by Crippen LogP contribution is -2.49. The lowest BCUT2D eigenvalue weighted by molar-refractivity contribution is 0.167. The lowest BCUT2D eigenvalue weighted by Gasteiger charge is -2.32. The van der Waals surface area contributed by atoms with Crippen molar-refractivity contribution in [2.75, 3.05) is 39.3 Å². The Bertz CT molecular complexity index is 593. The third-order valence-corrected chi connectivity index (χ3v) is 5.21. The smallest absolute Gasteiger partial charge is 0.241 e. The number of likely N-dealkylation sites (tertiary alicyclic amines) is 1. The Labute approximate surface area is 134 Å². The summed E-state index contributed by atoms with van der Waals surface area (Å²) in [5.74, 6) is 1.43. The van der Waals surface area contributed by atoms with Crippen LogP contribution in [0.2, 0.25) is 0 Å². The summed E-state index contributed by atoms with van der Waals surface area (Å²) < 4.78 is 5.41. The molecule has 2 fully saturated rings. The third kappa shape index (κ3) is 3.08. The molecule has 0 bridgehead atoms. The normalized spacial score (nSPS) is 24.1. The van der Waals surface area contributed by atoms with Gasteiger partial charge in [-0.1, -0.05) is 5.16 Å². The van der Waals surface area contributed by atoms with Crippen LogP contribution < -0.4 is 5.32 Å². The number of aromatic nitrogens is 2. The molecular formula is C15H21N5OS. The highest BCUT2D eigenvalue weighted by Crippen LogP contribution is 2.21. The number of nitrogens with one attached hydrogen (secondary N) is 1. The molecule has 0 spiro atoms. The van der Waals surface area contributed by atoms with Crippen LogP contribution in [0.4, 0.5) is 0 Å². The standard InChI is InChI=1S/C15H21N5OS/c1-5-19(9-13(1)20-6-3-16-4-7-20)10-14-17-15(18-21-14)12-2-8-22-11-12/h2,8,11,13,16H,1,3-7,9-10H2. The predicted molar refractivity (Wildman–Crippen MR) is 85.7 cm³/mol. The van der Waals surface area contributed by atoms with Gasteiger partial charge in [0.25, 0.3) is 0 Å². The van der Waals surface area contributed by atoms with Gasteiger partial charge >= 0.3 is 0 Å². The summed E-state index contributed by atoms with van der Waals surface area (Å²) in [5.41, 5.74) is 1.04. The van der Waals surface area contributed by atoms with Crippen molar-refractivity contribution in [2.24, 2.45) is 0 Å². The van der Waals surface area contributed by atoms with Crippen LogP contribution in [0.15, 0.2) is 21.3 Å². The largest absolute Gasteiger partial charge is 0.338 e. The number of thiophene rings is 1. The quantitative estimate of drug-likeness (QED) is 0.916. The fraction of sp³-hybridized carbons (Fsp3) is 0.600. The first kappa shape index (κ1) is 14.3. The highest BCUT2D eigenvalue weighted by atomic mass is 32.1. The fourth-order valence-corrected chi connectivity index (χ4v) is 3.95. The zero-order valence-electron chi connectivity index (χ0n) is 12.6. The maximum absolute atomic E-state index is 5.41. The minimum atomic E-state index is 0.682. The van der Waals surface area contributed by atoms with Gasteiger partial charge in [0, 0.05) is 56.3 Å². The summed E-state index contributed by atoms with van der Waals surface area (Å²) >= 11 is 1.65. The molecule has 0 aromatic carbocycles. The van der Waals surface area contributed by atoms with Gasteiger partial charge in [-0.05, 0) is 17.9 Å². The van der Waals surface area contributed by atoms with Gasteiger partial charge in [0.05, 0.1) is 6.54 Å². The minimum Gasteiger partial charge on any atom is -0.338 e. The SMILES string of the molecule is c1cc(-c2noc(CN3CCC(N4CCNCC4)C3)n2)cs1. The monoisotopic (exact) mass is 319 g/mol. The van der Waals surface area contributed by atoms with Crippen molar-refractivity contribution in [2.45, 2.75) is 19.0 Å². The Morgan fingerprint density at radius 2 is 2.23 bits per heavy atom. The Balaban J connectivity index is 1.34. The summed E-state index contributed by atoms with van der Waals surface area (Å²) in [6, 6.07) is 2.71. The second kappa shape index (κ2) is 6.45. The summed E-state index contributed by atoms with van der Waals surface area (Å²) in [6.45, 7) is 7.55. The first-order valence-corrected chi connectivity index (χ1v) is 8.85. The fourth-order valence-electron chi connectivity index (χ4n) is 3.32. The van der Waals surface area contributed by atoms with Crippen LogP contribution in [0.3, 0.4) is 0 Å². The highest BCUT2D eigenvalue weighted by molar-refractivity contribution is 7.08. The second-order valence-electron chi connectivity index (χ2n) is 5.99. The van der Waals surface area contributed by atoms with Gasteiger partial charge in [-0.2, -0.15) is 16.3 Å². The lowest BCUT2D eigenvalue weighted by atomic mass is 10.2. The Kier molecular flexibility index (Phi) is 4.20. The third-order valence-electron chi connectivity index (χ3n) is 4.52. The van der Waals surface area contributed by atoms with Gasteiger partial charge in [0.2, 0.25) is 11.7 Å². The van der Waals surface area contributed by atoms with Crippen LogP contribution >= 0.6 is 11.3 Å². The van der Waals surface area contributed by atoms with Gasteiger partial charge in [-0.3, -0.25) is 9.80 Å². The van der Waals surface area contributed by atoms with E-state index < -0.39 is 0 Å². The van der Waals surface area contributed by atoms with E-state index in [0.29, 0.717) is 11.9 Å². The molecule has 2 aliphatic rings. The Morgan fingerprint density at radius 3 is 3.05 bits per heavy atom. The molecule has 2 saturated heterocycles. The molecule has 4 heterocycles. The second-order valence-corrected chi connectivity index (χ2v) is 6.77. The molecule has 2 aromatic heterocycles. The molecule has 0 saturated carbocycles. The number of hydrogen-bond acceptors (Lipinski definition) is 7. The molecule has 118 valence electrons. The maximum atomic E-state index is 5.41. The number of piperazine rings is 1. The van der Waals surface area contributed by atoms with E-state index in [2.05, 4.69) is 25.3 Å². The number of nitrogens with zero attached hydrogens (tertiary/aromatic N) is 4. The van der Waals surface area contributed by atoms with Crippen molar-refractivity contribution in [1.82, 2.24) is 25.3 Å². The van der Waals surface area contributed by atoms with Gasteiger partial charge in [-0.25, -0.2) is 0 Å². The van der Waals surface area contributed by atoms with Gasteiger partial charge in [0.15, 0.2) is 0 Å². The molecule has 2 aromatic rings. The Hall–Kier alpha value is -1.28. The zero-order valence-corrected chi connectivity index (χ0v) is 13.4. The molecule has 1 unspecified atom stereocenters. The first-order chi connectivity index (χ1) is 10.9. The average Bonchev–Trinajstić information content (AvgIpc) is 3.30. The van der Waals surface area contributed by atoms with Crippen molar-refractivity contribution >= 4 is 11.3 Å². The molecule has 6 nitrogen and oxygen atoms in total. The van der Waals surface area contributed by atoms with Crippen LogP contribution in [0, 0.1) is 0 Å². The summed E-state index contributed by atoms with van der Waals surface area (Å²) in [4.78, 5) is 9.56. The molecular weight excluding hydrogens is 298 g/mol. The van der Waals surface area contributed by atoms with Crippen LogP contribution in [-0.4, -0.2) is 65.3 Å². The number of hydrogen-bond donors (Lipinski definition) is 1. The molecule has 0 amide bonds. The zero-order chi connectivity index (χ0) is 14.8. The Morgan fingerprint density at radius 1 is 1.32 bits per heavy atom. The van der Waals surface area contributed by atoms with Crippen molar-refractivity contribution in [3.8, 4) is 11.4 Å². The van der Waals surface area contributed by atoms with E-state index in [1.165, 1.54) is 19.5 Å². The van der Waals surface area contributed by atoms with Gasteiger partial charge in [0.1, 0.15) is 0 Å². The average molecular weight is 319 g/mol. The summed E-state index contributed by atoms with van der Waals surface area (Å²) in [6.07, 6.45) is 1.24. The topological polar surface area (TPSA) is 57.4 Å². The van der Waals surface area contributed by atoms with E-state index >= 15 is 0 Å². The molecule has 0 radical (unpaired) electrons. The summed E-state index contributed by atoms with van der Waals surface area (Å²) in [7, 11) is 0. The maximum Gasteiger partial charge on any atom is 0.241 e. The van der Waals surface area contributed by atoms with Gasteiger partial charge < -0.3 is 9.84 Å². The van der Waals surface area contributed by atoms with E-state index in [0.717, 1.165) is 44.2 Å². The molecule has 7 heteroatoms. The first-order valence-electron chi connectivity index (χ1n) is 7.91. The van der Waals surface area contributed by atoms with Crippen molar-refractivity contribution in [1.29, 1.82) is 0 Å². The molecule has 1 atom stereocenters. The minimum absolute atomic E-state index is 0.682. The molecule has 2 aliphatic heterocycles. The van der Waals surface area contributed by atoms with Crippen molar-refractivity contribution < 1.29 is 4.52 Å². The molecule has 4 rings (SSSR count). The van der Waals surface area contributed by atoms with Crippen molar-refractivity contribution in [3.05, 3.63) is 22.7 Å². The van der Waals surface area contributed by atoms with Crippen LogP contribution in [0.5, 0.6) is 0 Å². The molecule has 22 heavy (non-hydrogen) atoms. The molecule has 1 N–H and O–H groups in total. The van der Waals surface area contributed by atoms with E-state index in [1.807, 2.05) is 16.8 Å². The van der Waals surface area contributed by atoms with Crippen LogP contribution in [0.25, 0.3) is 11.4 Å². The predicted octanol–water partition coefficient (Wildman–Crippen LogP) is 1.28. The van der Waals surface area contributed by atoms with Gasteiger partial charge in [-0.15, -0.1) is 0 Å². The van der Waals surface area contributed by atoms with E-state index in [9.17, 15) is 0 Å². The van der Waals surface area contributed by atoms with E-state index in [4.69, 9.17) is 4.52 Å². The molecule has 0 aliphatic carbocycles. The summed E-state index contributed by atoms with van der Waals surface area (Å²) in [5, 5.41) is 11.6. The van der Waals surface area contributed by atoms with Crippen LogP contribution in [0.1, 0.15) is 12.3 Å². The van der Waals surface area contributed by atoms with E-state index in [1.54, 1.807) is 11.3 Å². The highest BCUT2D eigenvalue weighted by Gasteiger charge is 2.29. The van der Waals surface area contributed by atoms with Crippen molar-refractivity contribution in [3.63, 3.8) is 0 Å². The van der Waals surface area contributed by atoms with Crippen LogP contribution in [-0.2, 0) is 6.54 Å². The van der Waals surface area contributed by atoms with E-state index in [-0.39, 0.29) is 0 Å². The number of rotatable bonds is 4.